The van der Waals surface area contributed by atoms with E-state index < -0.39 is 17.6 Å². The first kappa shape index (κ1) is 27.5. The molecular weight excluding hydrogens is 473 g/mol. The smallest absolute Gasteiger partial charge is 0.387 e. The molecular formula is C25H33F3N6O2. The van der Waals surface area contributed by atoms with Crippen molar-refractivity contribution in [3.8, 4) is 6.57 Å². The fourth-order valence-corrected chi connectivity index (χ4v) is 4.58. The molecule has 0 spiro atoms. The van der Waals surface area contributed by atoms with E-state index in [0.29, 0.717) is 12.1 Å². The zero-order valence-electron chi connectivity index (χ0n) is 20.1. The maximum absolute atomic E-state index is 12.7. The molecule has 1 heterocycles. The molecule has 1 aliphatic heterocycles. The number of hydrogen-bond acceptors (Lipinski definition) is 6. The number of carbonyl (C=O) groups is 1. The maximum Gasteiger partial charge on any atom is 0.416 e. The summed E-state index contributed by atoms with van der Waals surface area (Å²) in [7, 11) is 0. The van der Waals surface area contributed by atoms with Crippen LogP contribution >= 0.6 is 0 Å². The van der Waals surface area contributed by atoms with Crippen LogP contribution in [0, 0.1) is 17.8 Å². The Morgan fingerprint density at radius 1 is 1.08 bits per heavy atom. The number of carbonyl (C=O) groups excluding carboxylic acids is 1. The van der Waals surface area contributed by atoms with Crippen LogP contribution in [0.5, 0.6) is 0 Å². The van der Waals surface area contributed by atoms with Crippen molar-refractivity contribution in [3.63, 3.8) is 0 Å². The number of rotatable bonds is 9. The number of aliphatic imine (C=N–C) groups is 1. The average Bonchev–Trinajstić information content (AvgIpc) is 3.63. The van der Waals surface area contributed by atoms with E-state index in [-0.39, 0.29) is 23.1 Å². The van der Waals surface area contributed by atoms with Crippen LogP contribution in [0.25, 0.3) is 0 Å². The van der Waals surface area contributed by atoms with Crippen LogP contribution in [0.15, 0.2) is 41.0 Å². The average molecular weight is 507 g/mol. The van der Waals surface area contributed by atoms with E-state index in [0.717, 1.165) is 56.9 Å². The van der Waals surface area contributed by atoms with Crippen molar-refractivity contribution in [1.82, 2.24) is 10.2 Å². The molecule has 1 saturated heterocycles. The molecule has 4 rings (SSSR count). The number of benzene rings is 1. The number of nitrogens with two attached hydrogens (primary N) is 2. The summed E-state index contributed by atoms with van der Waals surface area (Å²) in [6.45, 7) is 6.32. The number of amidine groups is 1. The van der Waals surface area contributed by atoms with Gasteiger partial charge in [0.15, 0.2) is 0 Å². The van der Waals surface area contributed by atoms with E-state index in [1.165, 1.54) is 37.7 Å². The van der Waals surface area contributed by atoms with E-state index in [9.17, 15) is 18.0 Å². The molecule has 196 valence electrons. The summed E-state index contributed by atoms with van der Waals surface area (Å²) in [4.78, 5) is 18.7. The Labute approximate surface area is 209 Å². The SMILES string of the molecule is C#N.NC(=O)/C(=C/NC1CCC(N(CC2CC2)C2COC2)CC1)C(N)=Nc1ccc(C(F)(F)F)cc1. The molecule has 1 amide bonds. The van der Waals surface area contributed by atoms with Gasteiger partial charge in [-0.15, -0.1) is 0 Å². The molecule has 0 unspecified atom stereocenters. The van der Waals surface area contributed by atoms with Crippen LogP contribution in [-0.2, 0) is 15.7 Å². The third-order valence-corrected chi connectivity index (χ3v) is 6.87. The Balaban J connectivity index is 0.00000176. The third-order valence-electron chi connectivity index (χ3n) is 6.87. The first-order chi connectivity index (χ1) is 17.2. The second-order valence-corrected chi connectivity index (χ2v) is 9.47. The van der Waals surface area contributed by atoms with Gasteiger partial charge in [-0.05, 0) is 68.7 Å². The van der Waals surface area contributed by atoms with E-state index in [1.807, 2.05) is 0 Å². The fourth-order valence-electron chi connectivity index (χ4n) is 4.58. The molecule has 1 aromatic carbocycles. The summed E-state index contributed by atoms with van der Waals surface area (Å²) in [6, 6.07) is 5.51. The topological polar surface area (TPSA) is 130 Å². The molecule has 11 heteroatoms. The van der Waals surface area contributed by atoms with Gasteiger partial charge in [0.2, 0.25) is 0 Å². The van der Waals surface area contributed by atoms with Crippen molar-refractivity contribution >= 4 is 17.4 Å². The monoisotopic (exact) mass is 506 g/mol. The van der Waals surface area contributed by atoms with Gasteiger partial charge >= 0.3 is 6.18 Å². The lowest BCUT2D eigenvalue weighted by Crippen LogP contribution is -2.55. The summed E-state index contributed by atoms with van der Waals surface area (Å²) in [5, 5.41) is 9.75. The molecule has 8 nitrogen and oxygen atoms in total. The summed E-state index contributed by atoms with van der Waals surface area (Å²) in [5.74, 6) is -0.0617. The van der Waals surface area contributed by atoms with Crippen LogP contribution in [0.3, 0.4) is 0 Å². The summed E-state index contributed by atoms with van der Waals surface area (Å²) in [6.07, 6.45) is 3.75. The number of nitrogens with one attached hydrogen (secondary N) is 1. The number of nitrogens with zero attached hydrogens (tertiary/aromatic N) is 3. The standard InChI is InChI=1S/C24H32F3N5O2.CHN/c25-24(26,27)16-3-5-18(6-4-16)31-22(28)21(23(29)33)11-30-17-7-9-19(10-8-17)32(12-15-1-2-15)20-13-34-14-20;1-2/h3-6,11,15,17,19-20,30H,1-2,7-10,12-14H2,(H2,28,31)(H2,29,33);1H/b21-11+;. The van der Waals surface area contributed by atoms with E-state index in [4.69, 9.17) is 21.5 Å². The maximum atomic E-state index is 12.7. The largest absolute Gasteiger partial charge is 0.416 e. The molecule has 36 heavy (non-hydrogen) atoms. The molecule has 0 atom stereocenters. The van der Waals surface area contributed by atoms with Crippen LogP contribution in [0.4, 0.5) is 18.9 Å². The molecule has 2 aliphatic carbocycles. The first-order valence-corrected chi connectivity index (χ1v) is 12.1. The van der Waals surface area contributed by atoms with Gasteiger partial charge in [-0.2, -0.15) is 13.2 Å². The van der Waals surface area contributed by atoms with Gasteiger partial charge in [0.25, 0.3) is 5.91 Å². The highest BCUT2D eigenvalue weighted by Gasteiger charge is 2.37. The van der Waals surface area contributed by atoms with Crippen LogP contribution in [0.1, 0.15) is 44.1 Å². The number of halogens is 3. The molecule has 0 aromatic heterocycles. The Hall–Kier alpha value is -3.10. The van der Waals surface area contributed by atoms with Gasteiger partial charge in [0.1, 0.15) is 5.84 Å². The van der Waals surface area contributed by atoms with Gasteiger partial charge in [0, 0.05) is 31.4 Å². The zero-order valence-corrected chi connectivity index (χ0v) is 20.1. The van der Waals surface area contributed by atoms with Crippen molar-refractivity contribution in [1.29, 1.82) is 5.26 Å². The number of ether oxygens (including phenoxy) is 1. The molecule has 5 N–H and O–H groups in total. The van der Waals surface area contributed by atoms with E-state index in [1.54, 1.807) is 0 Å². The predicted octanol–water partition coefficient (Wildman–Crippen LogP) is 3.21. The lowest BCUT2D eigenvalue weighted by molar-refractivity contribution is -0.137. The van der Waals surface area contributed by atoms with Crippen molar-refractivity contribution in [2.45, 2.75) is 62.8 Å². The van der Waals surface area contributed by atoms with Gasteiger partial charge in [0.05, 0.1) is 36.1 Å². The number of hydrogen-bond donors (Lipinski definition) is 3. The van der Waals surface area contributed by atoms with Crippen molar-refractivity contribution in [2.75, 3.05) is 19.8 Å². The minimum atomic E-state index is -4.43. The minimum Gasteiger partial charge on any atom is -0.387 e. The van der Waals surface area contributed by atoms with Crippen molar-refractivity contribution in [3.05, 3.63) is 41.6 Å². The lowest BCUT2D eigenvalue weighted by Gasteiger charge is -2.44. The first-order valence-electron chi connectivity index (χ1n) is 12.1. The van der Waals surface area contributed by atoms with Gasteiger partial charge in [-0.25, -0.2) is 10.3 Å². The fraction of sp³-hybridized carbons (Fsp3) is 0.560. The van der Waals surface area contributed by atoms with E-state index in [2.05, 4.69) is 21.8 Å². The second kappa shape index (κ2) is 12.2. The normalized spacial score (nSPS) is 23.4. The van der Waals surface area contributed by atoms with Crippen molar-refractivity contribution < 1.29 is 22.7 Å². The Morgan fingerprint density at radius 3 is 2.17 bits per heavy atom. The molecule has 1 aromatic rings. The number of primary amides is 1. The second-order valence-electron chi connectivity index (χ2n) is 9.47. The Morgan fingerprint density at radius 2 is 1.69 bits per heavy atom. The summed E-state index contributed by atoms with van der Waals surface area (Å²) in [5.41, 5.74) is 10.9. The zero-order chi connectivity index (χ0) is 26.3. The number of amides is 1. The quantitative estimate of drug-likeness (QED) is 0.268. The minimum absolute atomic E-state index is 0.00370. The summed E-state index contributed by atoms with van der Waals surface area (Å²) >= 11 is 0. The number of alkyl halides is 3. The van der Waals surface area contributed by atoms with E-state index >= 15 is 0 Å². The van der Waals surface area contributed by atoms with Crippen LogP contribution < -0.4 is 16.8 Å². The highest BCUT2D eigenvalue weighted by atomic mass is 19.4. The summed E-state index contributed by atoms with van der Waals surface area (Å²) < 4.78 is 43.6. The molecule has 3 aliphatic rings. The van der Waals surface area contributed by atoms with Gasteiger partial charge in [-0.1, -0.05) is 0 Å². The van der Waals surface area contributed by atoms with Crippen molar-refractivity contribution in [2.24, 2.45) is 22.4 Å². The Kier molecular flexibility index (Phi) is 9.34. The molecule has 3 fully saturated rings. The van der Waals surface area contributed by atoms with Crippen LogP contribution in [-0.4, -0.2) is 54.5 Å². The molecule has 0 bridgehead atoms. The number of nitriles is 1. The lowest BCUT2D eigenvalue weighted by atomic mass is 9.89. The molecule has 0 radical (unpaired) electrons. The third kappa shape index (κ3) is 7.45. The molecule has 2 saturated carbocycles. The highest BCUT2D eigenvalue weighted by Crippen LogP contribution is 2.35. The highest BCUT2D eigenvalue weighted by molar-refractivity contribution is 6.20. The van der Waals surface area contributed by atoms with Gasteiger partial charge < -0.3 is 21.5 Å². The van der Waals surface area contributed by atoms with Gasteiger partial charge in [-0.3, -0.25) is 9.69 Å². The predicted molar refractivity (Wildman–Crippen MR) is 130 cm³/mol. The Bertz CT molecular complexity index is 960. The van der Waals surface area contributed by atoms with Crippen LogP contribution in [0.2, 0.25) is 0 Å².